The Morgan fingerprint density at radius 1 is 0.741 bits per heavy atom. The zero-order valence-electron chi connectivity index (χ0n) is 31.8. The number of rotatable bonds is 16. The Balaban J connectivity index is 1.10. The number of nitrogens with one attached hydrogen (secondary N) is 1. The number of unbranched alkanes of at least 4 members (excludes halogenated alkanes) is 2. The van der Waals surface area contributed by atoms with Crippen molar-refractivity contribution in [2.24, 2.45) is 0 Å². The SMILES string of the molecule is COc1ccc(C(C[C@@H]2C[C@@H](O)CN2C(=O)CCCCCNC(=O)[C@@H](C)c2ccc3cc(OC)ccc3c2)(c2ccccc2)c2ccc(OC)cc2)cc1. The Bertz CT molecular complexity index is 1950. The van der Waals surface area contributed by atoms with Crippen LogP contribution in [-0.2, 0) is 15.0 Å². The fraction of sp³-hybridized carbons (Fsp3) is 0.348. The zero-order chi connectivity index (χ0) is 38.1. The van der Waals surface area contributed by atoms with Gasteiger partial charge in [-0.1, -0.05) is 85.3 Å². The number of hydrogen-bond acceptors (Lipinski definition) is 6. The maximum absolute atomic E-state index is 13.9. The maximum atomic E-state index is 13.9. The molecule has 3 atom stereocenters. The molecule has 0 spiro atoms. The standard InChI is InChI=1S/C46H52N2O6/c1-32(33-14-15-35-28-43(54-4)21-16-34(35)27-33)45(51)47-26-10-6-9-13-44(50)48-31-40(49)29-39(48)30-46(36-11-7-5-8-12-36,37-17-22-41(52-2)23-18-37)38-19-24-42(53-3)25-20-38/h5,7-8,11-12,14-25,27-28,32,39-40,49H,6,9-10,13,26,29-31H2,1-4H3,(H,47,51)/t32-,39-,40+/m0/s1. The van der Waals surface area contributed by atoms with Crippen molar-refractivity contribution in [2.45, 2.75) is 68.9 Å². The molecule has 0 aromatic heterocycles. The summed E-state index contributed by atoms with van der Waals surface area (Å²) in [5.41, 5.74) is 3.60. The quantitative estimate of drug-likeness (QED) is 0.0789. The summed E-state index contributed by atoms with van der Waals surface area (Å²) in [6.07, 6.45) is 3.18. The van der Waals surface area contributed by atoms with Crippen LogP contribution in [0.2, 0.25) is 0 Å². The normalized spacial score (nSPS) is 16.2. The topological polar surface area (TPSA) is 97.3 Å². The second-order valence-electron chi connectivity index (χ2n) is 14.3. The monoisotopic (exact) mass is 728 g/mol. The number of benzene rings is 5. The Labute approximate surface area is 319 Å². The number of fused-ring (bicyclic) bond motifs is 1. The summed E-state index contributed by atoms with van der Waals surface area (Å²) in [5.74, 6) is 2.10. The molecule has 0 aliphatic carbocycles. The molecule has 2 amide bonds. The van der Waals surface area contributed by atoms with Gasteiger partial charge in [-0.05, 0) is 102 Å². The minimum atomic E-state index is -0.622. The van der Waals surface area contributed by atoms with Crippen LogP contribution in [0.15, 0.2) is 115 Å². The number of hydrogen-bond donors (Lipinski definition) is 2. The minimum absolute atomic E-state index is 0.0107. The second-order valence-corrected chi connectivity index (χ2v) is 14.3. The van der Waals surface area contributed by atoms with Crippen LogP contribution in [0.25, 0.3) is 10.8 Å². The minimum Gasteiger partial charge on any atom is -0.497 e. The summed E-state index contributed by atoms with van der Waals surface area (Å²) in [4.78, 5) is 28.8. The Morgan fingerprint density at radius 2 is 1.31 bits per heavy atom. The molecule has 6 rings (SSSR count). The predicted octanol–water partition coefficient (Wildman–Crippen LogP) is 8.03. The molecular weight excluding hydrogens is 677 g/mol. The van der Waals surface area contributed by atoms with Gasteiger partial charge < -0.3 is 29.5 Å². The lowest BCUT2D eigenvalue weighted by molar-refractivity contribution is -0.132. The molecule has 1 aliphatic rings. The number of nitrogens with zero attached hydrogens (tertiary/aromatic N) is 1. The van der Waals surface area contributed by atoms with Crippen molar-refractivity contribution in [3.05, 3.63) is 138 Å². The van der Waals surface area contributed by atoms with Gasteiger partial charge in [0.15, 0.2) is 0 Å². The van der Waals surface area contributed by atoms with Crippen molar-refractivity contribution in [2.75, 3.05) is 34.4 Å². The molecule has 1 aliphatic heterocycles. The lowest BCUT2D eigenvalue weighted by Gasteiger charge is -2.40. The van der Waals surface area contributed by atoms with Gasteiger partial charge in [0, 0.05) is 31.0 Å². The number of likely N-dealkylation sites (tertiary alicyclic amines) is 1. The number of carbonyl (C=O) groups is 2. The lowest BCUT2D eigenvalue weighted by atomic mass is 9.65. The number of aliphatic hydroxyl groups excluding tert-OH is 1. The van der Waals surface area contributed by atoms with Crippen LogP contribution in [0.5, 0.6) is 17.2 Å². The molecule has 8 heteroatoms. The summed E-state index contributed by atoms with van der Waals surface area (Å²) in [6.45, 7) is 2.79. The number of amides is 2. The van der Waals surface area contributed by atoms with Gasteiger partial charge in [0.05, 0.1) is 33.4 Å². The molecule has 0 bridgehead atoms. The van der Waals surface area contributed by atoms with Crippen LogP contribution < -0.4 is 19.5 Å². The molecular formula is C46H52N2O6. The molecule has 0 radical (unpaired) electrons. The molecule has 2 N–H and O–H groups in total. The first-order chi connectivity index (χ1) is 26.2. The van der Waals surface area contributed by atoms with E-state index in [0.717, 1.165) is 63.1 Å². The summed E-state index contributed by atoms with van der Waals surface area (Å²) in [6, 6.07) is 38.6. The largest absolute Gasteiger partial charge is 0.497 e. The van der Waals surface area contributed by atoms with E-state index in [0.29, 0.717) is 38.8 Å². The van der Waals surface area contributed by atoms with Crippen LogP contribution >= 0.6 is 0 Å². The van der Waals surface area contributed by atoms with Crippen molar-refractivity contribution >= 4 is 22.6 Å². The van der Waals surface area contributed by atoms with E-state index >= 15 is 0 Å². The first kappa shape index (κ1) is 38.4. The average Bonchev–Trinajstić information content (AvgIpc) is 3.60. The van der Waals surface area contributed by atoms with E-state index in [-0.39, 0.29) is 23.8 Å². The average molecular weight is 729 g/mol. The number of aliphatic hydroxyl groups is 1. The van der Waals surface area contributed by atoms with E-state index in [4.69, 9.17) is 14.2 Å². The number of ether oxygens (including phenoxy) is 3. The van der Waals surface area contributed by atoms with Gasteiger partial charge in [-0.2, -0.15) is 0 Å². The molecule has 1 heterocycles. The van der Waals surface area contributed by atoms with E-state index < -0.39 is 11.5 Å². The van der Waals surface area contributed by atoms with Crippen LogP contribution in [0, 0.1) is 0 Å². The van der Waals surface area contributed by atoms with Crippen molar-refractivity contribution in [1.29, 1.82) is 0 Å². The van der Waals surface area contributed by atoms with Gasteiger partial charge in [0.25, 0.3) is 0 Å². The molecule has 5 aromatic carbocycles. The smallest absolute Gasteiger partial charge is 0.227 e. The fourth-order valence-electron chi connectivity index (χ4n) is 7.95. The van der Waals surface area contributed by atoms with Crippen LogP contribution in [-0.4, -0.2) is 68.4 Å². The van der Waals surface area contributed by atoms with Gasteiger partial charge in [-0.25, -0.2) is 0 Å². The zero-order valence-corrected chi connectivity index (χ0v) is 31.8. The highest BCUT2D eigenvalue weighted by Crippen LogP contribution is 2.46. The summed E-state index contributed by atoms with van der Waals surface area (Å²) in [5, 5.41) is 16.2. The van der Waals surface area contributed by atoms with Crippen molar-refractivity contribution in [3.8, 4) is 17.2 Å². The van der Waals surface area contributed by atoms with Crippen molar-refractivity contribution < 1.29 is 28.9 Å². The third kappa shape index (κ3) is 8.55. The van der Waals surface area contributed by atoms with Gasteiger partial charge in [0.2, 0.25) is 11.8 Å². The summed E-state index contributed by atoms with van der Waals surface area (Å²) >= 11 is 0. The summed E-state index contributed by atoms with van der Waals surface area (Å²) in [7, 11) is 4.98. The highest BCUT2D eigenvalue weighted by Gasteiger charge is 2.44. The van der Waals surface area contributed by atoms with Gasteiger partial charge in [-0.3, -0.25) is 9.59 Å². The van der Waals surface area contributed by atoms with Crippen LogP contribution in [0.3, 0.4) is 0 Å². The van der Waals surface area contributed by atoms with Gasteiger partial charge in [-0.15, -0.1) is 0 Å². The highest BCUT2D eigenvalue weighted by atomic mass is 16.5. The first-order valence-electron chi connectivity index (χ1n) is 18.9. The molecule has 0 saturated carbocycles. The highest BCUT2D eigenvalue weighted by molar-refractivity contribution is 5.88. The summed E-state index contributed by atoms with van der Waals surface area (Å²) < 4.78 is 16.4. The Kier molecular flexibility index (Phi) is 12.6. The van der Waals surface area contributed by atoms with Gasteiger partial charge in [0.1, 0.15) is 17.2 Å². The first-order valence-corrected chi connectivity index (χ1v) is 18.9. The molecule has 282 valence electrons. The molecule has 8 nitrogen and oxygen atoms in total. The Morgan fingerprint density at radius 3 is 1.94 bits per heavy atom. The number of carbonyl (C=O) groups excluding carboxylic acids is 2. The van der Waals surface area contributed by atoms with Crippen LogP contribution in [0.1, 0.15) is 73.6 Å². The van der Waals surface area contributed by atoms with Crippen molar-refractivity contribution in [3.63, 3.8) is 0 Å². The predicted molar refractivity (Wildman–Crippen MR) is 213 cm³/mol. The second kappa shape index (κ2) is 17.7. The molecule has 0 unspecified atom stereocenters. The Hall–Kier alpha value is -5.34. The number of methoxy groups -OCH3 is 3. The molecule has 5 aromatic rings. The van der Waals surface area contributed by atoms with Crippen LogP contribution in [0.4, 0.5) is 0 Å². The maximum Gasteiger partial charge on any atom is 0.227 e. The van der Waals surface area contributed by atoms with E-state index in [2.05, 4.69) is 47.8 Å². The van der Waals surface area contributed by atoms with E-state index in [1.807, 2.05) is 84.6 Å². The molecule has 1 fully saturated rings. The third-order valence-electron chi connectivity index (χ3n) is 11.0. The van der Waals surface area contributed by atoms with Crippen molar-refractivity contribution in [1.82, 2.24) is 10.2 Å². The number of β-amino-alcohol motifs (C(OH)–C–C–N with tert-alkyl or cyclic N) is 1. The van der Waals surface area contributed by atoms with E-state index in [1.165, 1.54) is 0 Å². The molecule has 54 heavy (non-hydrogen) atoms. The van der Waals surface area contributed by atoms with Gasteiger partial charge >= 0.3 is 0 Å². The van der Waals surface area contributed by atoms with E-state index in [1.54, 1.807) is 21.3 Å². The molecule has 1 saturated heterocycles. The third-order valence-corrected chi connectivity index (χ3v) is 11.0. The van der Waals surface area contributed by atoms with E-state index in [9.17, 15) is 14.7 Å². The lowest BCUT2D eigenvalue weighted by Crippen LogP contribution is -2.42. The fourth-order valence-corrected chi connectivity index (χ4v) is 7.95.